The largest absolute Gasteiger partial charge is 0.462 e. The summed E-state index contributed by atoms with van der Waals surface area (Å²) in [7, 11) is 0. The molecular weight excluding hydrogens is 385 g/mol. The van der Waals surface area contributed by atoms with Gasteiger partial charge in [-0.25, -0.2) is 4.79 Å². The lowest BCUT2D eigenvalue weighted by atomic mass is 9.88. The molecule has 146 valence electrons. The molecule has 25 heavy (non-hydrogen) atoms. The number of nitrogens with one attached hydrogen (secondary N) is 1. The summed E-state index contributed by atoms with van der Waals surface area (Å²) in [5, 5.41) is 51.4. The second-order valence-electron chi connectivity index (χ2n) is 5.43. The van der Waals surface area contributed by atoms with Crippen LogP contribution in [-0.2, 0) is 19.1 Å². The number of esters is 1. The molecule has 1 fully saturated rings. The Kier molecular flexibility index (Phi) is 8.29. The van der Waals surface area contributed by atoms with Crippen molar-refractivity contribution in [2.45, 2.75) is 54.4 Å². The van der Waals surface area contributed by atoms with Gasteiger partial charge in [0.25, 0.3) is 11.7 Å². The van der Waals surface area contributed by atoms with E-state index in [-0.39, 0.29) is 6.61 Å². The summed E-state index contributed by atoms with van der Waals surface area (Å²) < 4.78 is 9.79. The Morgan fingerprint density at radius 2 is 2.00 bits per heavy atom. The fourth-order valence-corrected chi connectivity index (χ4v) is 2.49. The zero-order valence-electron chi connectivity index (χ0n) is 13.2. The Hall–Kier alpha value is -0.720. The second-order valence-corrected chi connectivity index (χ2v) is 6.53. The van der Waals surface area contributed by atoms with Crippen LogP contribution in [-0.4, -0.2) is 91.7 Å². The van der Waals surface area contributed by atoms with Crippen LogP contribution < -0.4 is 5.32 Å². The molecule has 1 amide bonds. The highest BCUT2D eigenvalue weighted by molar-refractivity contribution is 6.53. The first-order valence-corrected chi connectivity index (χ1v) is 8.25. The average Bonchev–Trinajstić information content (AvgIpc) is 2.55. The Labute approximate surface area is 153 Å². The molecule has 0 aromatic carbocycles. The quantitative estimate of drug-likeness (QED) is 0.196. The molecule has 12 heteroatoms. The monoisotopic (exact) mass is 405 g/mol. The van der Waals surface area contributed by atoms with Gasteiger partial charge in [-0.15, -0.1) is 0 Å². The van der Waals surface area contributed by atoms with Gasteiger partial charge in [-0.3, -0.25) is 4.79 Å². The molecule has 0 saturated carbocycles. The van der Waals surface area contributed by atoms with Crippen LogP contribution in [0.3, 0.4) is 0 Å². The predicted octanol–water partition coefficient (Wildman–Crippen LogP) is -2.61. The summed E-state index contributed by atoms with van der Waals surface area (Å²) in [5.74, 6) is -4.78. The maximum atomic E-state index is 11.9. The number of halogens is 2. The van der Waals surface area contributed by atoms with Crippen molar-refractivity contribution < 1.29 is 44.6 Å². The van der Waals surface area contributed by atoms with Gasteiger partial charge < -0.3 is 40.3 Å². The summed E-state index contributed by atoms with van der Waals surface area (Å²) in [6.45, 7) is 0.503. The van der Waals surface area contributed by atoms with Gasteiger partial charge in [0.1, 0.15) is 18.3 Å². The van der Waals surface area contributed by atoms with E-state index in [2.05, 4.69) is 10.1 Å². The van der Waals surface area contributed by atoms with Gasteiger partial charge in [-0.05, 0) is 6.92 Å². The van der Waals surface area contributed by atoms with Crippen molar-refractivity contribution >= 4 is 35.1 Å². The van der Waals surface area contributed by atoms with Crippen LogP contribution >= 0.6 is 23.2 Å². The summed E-state index contributed by atoms with van der Waals surface area (Å²) in [6.07, 6.45) is -7.59. The van der Waals surface area contributed by atoms with E-state index >= 15 is 0 Å². The highest BCUT2D eigenvalue weighted by Gasteiger charge is 2.54. The van der Waals surface area contributed by atoms with Crippen molar-refractivity contribution in [2.75, 3.05) is 13.2 Å². The number of carbonyl (C=O) groups excluding carboxylic acids is 2. The van der Waals surface area contributed by atoms with Gasteiger partial charge in [-0.2, -0.15) is 0 Å². The molecule has 0 aliphatic carbocycles. The molecule has 1 saturated heterocycles. The number of carbonyl (C=O) groups is 2. The van der Waals surface area contributed by atoms with Crippen molar-refractivity contribution in [1.29, 1.82) is 0 Å². The maximum absolute atomic E-state index is 11.9. The smallest absolute Gasteiger partial charge is 0.366 e. The van der Waals surface area contributed by atoms with Crippen LogP contribution in [0.1, 0.15) is 13.3 Å². The number of ether oxygens (including phenoxy) is 2. The summed E-state index contributed by atoms with van der Waals surface area (Å²) in [4.78, 5) is 22.0. The highest BCUT2D eigenvalue weighted by atomic mass is 35.5. The first-order valence-electron chi connectivity index (χ1n) is 7.38. The summed E-state index contributed by atoms with van der Waals surface area (Å²) in [6, 6.07) is -1.39. The lowest BCUT2D eigenvalue weighted by molar-refractivity contribution is -0.297. The van der Waals surface area contributed by atoms with E-state index in [0.717, 1.165) is 0 Å². The lowest BCUT2D eigenvalue weighted by Gasteiger charge is -2.45. The Balaban J connectivity index is 3.12. The summed E-state index contributed by atoms with van der Waals surface area (Å²) >= 11 is 10.8. The van der Waals surface area contributed by atoms with E-state index in [1.54, 1.807) is 0 Å². The van der Waals surface area contributed by atoms with Crippen LogP contribution in [0.2, 0.25) is 0 Å². The van der Waals surface area contributed by atoms with Crippen molar-refractivity contribution in [3.63, 3.8) is 0 Å². The Bertz CT molecular complexity index is 480. The predicted molar refractivity (Wildman–Crippen MR) is 83.6 cm³/mol. The van der Waals surface area contributed by atoms with E-state index in [9.17, 15) is 30.0 Å². The van der Waals surface area contributed by atoms with Crippen molar-refractivity contribution in [3.8, 4) is 0 Å². The second kappa shape index (κ2) is 9.28. The number of aliphatic hydroxyl groups excluding tert-OH is 4. The standard InChI is InChI=1S/C13H21Cl2NO9/c1-2-24-12(22)13(23)3-5(18)7(16-11(21)10(14)15)9(25-13)8(20)6(19)4-17/h5-10,17-20,23H,2-4H2,1H3,(H,16,21)/t5-,6+,7+,8+,9+,13?/m0/s1. The van der Waals surface area contributed by atoms with Crippen molar-refractivity contribution in [2.24, 2.45) is 0 Å². The Morgan fingerprint density at radius 1 is 1.40 bits per heavy atom. The van der Waals surface area contributed by atoms with Gasteiger partial charge in [0.2, 0.25) is 0 Å². The Morgan fingerprint density at radius 3 is 2.48 bits per heavy atom. The van der Waals surface area contributed by atoms with Crippen molar-refractivity contribution in [1.82, 2.24) is 5.32 Å². The van der Waals surface area contributed by atoms with E-state index in [1.165, 1.54) is 6.92 Å². The van der Waals surface area contributed by atoms with Crippen LogP contribution in [0.5, 0.6) is 0 Å². The number of alkyl halides is 2. The maximum Gasteiger partial charge on any atom is 0.366 e. The lowest BCUT2D eigenvalue weighted by Crippen LogP contribution is -2.67. The van der Waals surface area contributed by atoms with Crippen LogP contribution in [0.4, 0.5) is 0 Å². The number of amides is 1. The van der Waals surface area contributed by atoms with E-state index in [1.807, 2.05) is 0 Å². The molecule has 6 atom stereocenters. The van der Waals surface area contributed by atoms with E-state index in [0.29, 0.717) is 0 Å². The van der Waals surface area contributed by atoms with Gasteiger partial charge in [0.05, 0.1) is 25.4 Å². The van der Waals surface area contributed by atoms with E-state index in [4.69, 9.17) is 33.0 Å². The SMILES string of the molecule is CCOC(=O)C1(O)C[C@H](O)[C@@H](NC(=O)C(Cl)Cl)[C@H]([C@H](O)[C@H](O)CO)O1. The first kappa shape index (κ1) is 22.3. The van der Waals surface area contributed by atoms with E-state index < -0.39 is 66.0 Å². The molecule has 1 rings (SSSR count). The van der Waals surface area contributed by atoms with Gasteiger partial charge in [0, 0.05) is 6.42 Å². The number of rotatable bonds is 7. The topological polar surface area (TPSA) is 166 Å². The number of aliphatic hydroxyl groups is 5. The molecule has 0 spiro atoms. The molecule has 0 aromatic heterocycles. The molecule has 1 heterocycles. The highest BCUT2D eigenvalue weighted by Crippen LogP contribution is 2.31. The fourth-order valence-electron chi connectivity index (χ4n) is 2.37. The van der Waals surface area contributed by atoms with Crippen LogP contribution in [0.25, 0.3) is 0 Å². The first-order chi connectivity index (χ1) is 11.6. The third kappa shape index (κ3) is 5.38. The molecule has 10 nitrogen and oxygen atoms in total. The van der Waals surface area contributed by atoms with Gasteiger partial charge >= 0.3 is 5.97 Å². The normalized spacial score (nSPS) is 32.1. The molecule has 1 unspecified atom stereocenters. The molecule has 1 aliphatic rings. The van der Waals surface area contributed by atoms with Crippen molar-refractivity contribution in [3.05, 3.63) is 0 Å². The minimum atomic E-state index is -2.63. The average molecular weight is 406 g/mol. The zero-order chi connectivity index (χ0) is 19.4. The third-order valence-corrected chi connectivity index (χ3v) is 4.00. The van der Waals surface area contributed by atoms with Crippen LogP contribution in [0, 0.1) is 0 Å². The number of hydrogen-bond acceptors (Lipinski definition) is 9. The molecule has 0 radical (unpaired) electrons. The van der Waals surface area contributed by atoms with Gasteiger partial charge in [-0.1, -0.05) is 23.2 Å². The van der Waals surface area contributed by atoms with Gasteiger partial charge in [0.15, 0.2) is 4.84 Å². The fraction of sp³-hybridized carbons (Fsp3) is 0.846. The zero-order valence-corrected chi connectivity index (χ0v) is 14.7. The molecular formula is C13H21Cl2NO9. The molecule has 6 N–H and O–H groups in total. The minimum absolute atomic E-state index is 0.0899. The summed E-state index contributed by atoms with van der Waals surface area (Å²) in [5.41, 5.74) is 0. The molecule has 0 bridgehead atoms. The number of hydrogen-bond donors (Lipinski definition) is 6. The molecule has 0 aromatic rings. The third-order valence-electron chi connectivity index (χ3n) is 3.60. The minimum Gasteiger partial charge on any atom is -0.462 e. The molecule has 1 aliphatic heterocycles. The van der Waals surface area contributed by atoms with Crippen LogP contribution in [0.15, 0.2) is 0 Å².